The van der Waals surface area contributed by atoms with Crippen LogP contribution in [0.2, 0.25) is 0 Å². The molecular weight excluding hydrogens is 237 g/mol. The Hall–Kier alpha value is 0.0600. The van der Waals surface area contributed by atoms with Gasteiger partial charge in [-0.05, 0) is 37.4 Å². The second kappa shape index (κ2) is 4.74. The first-order valence-electron chi connectivity index (χ1n) is 5.68. The van der Waals surface area contributed by atoms with E-state index in [1.807, 2.05) is 0 Å². The number of hydrogen-bond acceptors (Lipinski definition) is 3. The van der Waals surface area contributed by atoms with Crippen molar-refractivity contribution in [3.8, 4) is 0 Å². The van der Waals surface area contributed by atoms with Crippen LogP contribution in [0.15, 0.2) is 0 Å². The maximum absolute atomic E-state index is 12.0. The Morgan fingerprint density at radius 2 is 1.75 bits per heavy atom. The van der Waals surface area contributed by atoms with E-state index in [-0.39, 0.29) is 23.6 Å². The number of hydrogen-bond donors (Lipinski definition) is 1. The van der Waals surface area contributed by atoms with Crippen molar-refractivity contribution in [2.24, 2.45) is 5.73 Å². The number of rotatable bonds is 3. The van der Waals surface area contributed by atoms with Crippen LogP contribution in [0.4, 0.5) is 13.2 Å². The molecule has 2 bridgehead atoms. The van der Waals surface area contributed by atoms with Gasteiger partial charge in [0, 0.05) is 30.4 Å². The fourth-order valence-corrected chi connectivity index (χ4v) is 3.48. The largest absolute Gasteiger partial charge is 0.441 e. The Morgan fingerprint density at radius 1 is 1.19 bits per heavy atom. The fraction of sp³-hybridized carbons (Fsp3) is 1.00. The van der Waals surface area contributed by atoms with Gasteiger partial charge in [-0.3, -0.25) is 4.90 Å². The van der Waals surface area contributed by atoms with E-state index in [4.69, 9.17) is 5.73 Å². The number of piperidine rings is 1. The summed E-state index contributed by atoms with van der Waals surface area (Å²) in [5, 5.41) is 0. The van der Waals surface area contributed by atoms with Crippen LogP contribution in [0.1, 0.15) is 25.7 Å². The van der Waals surface area contributed by atoms with Crippen LogP contribution >= 0.6 is 11.8 Å². The molecule has 2 heterocycles. The molecule has 0 aromatic heterocycles. The Labute approximate surface area is 97.7 Å². The van der Waals surface area contributed by atoms with Gasteiger partial charge in [-0.2, -0.15) is 13.2 Å². The third-order valence-corrected chi connectivity index (χ3v) is 4.25. The van der Waals surface area contributed by atoms with Gasteiger partial charge in [0.25, 0.3) is 0 Å². The minimum atomic E-state index is -4.09. The Morgan fingerprint density at radius 3 is 2.25 bits per heavy atom. The van der Waals surface area contributed by atoms with Gasteiger partial charge < -0.3 is 5.73 Å². The first-order valence-corrected chi connectivity index (χ1v) is 6.66. The highest BCUT2D eigenvalue weighted by Crippen LogP contribution is 2.36. The lowest BCUT2D eigenvalue weighted by Gasteiger charge is -2.37. The van der Waals surface area contributed by atoms with Gasteiger partial charge in [-0.25, -0.2) is 0 Å². The number of nitrogens with two attached hydrogens (primary N) is 1. The number of alkyl halides is 3. The van der Waals surface area contributed by atoms with Crippen LogP contribution in [0.3, 0.4) is 0 Å². The van der Waals surface area contributed by atoms with E-state index >= 15 is 0 Å². The van der Waals surface area contributed by atoms with Crippen molar-refractivity contribution >= 4 is 11.8 Å². The Kier molecular flexibility index (Phi) is 3.71. The maximum atomic E-state index is 12.0. The molecule has 2 nitrogen and oxygen atoms in total. The van der Waals surface area contributed by atoms with Crippen LogP contribution in [-0.4, -0.2) is 40.8 Å². The predicted molar refractivity (Wildman–Crippen MR) is 59.2 cm³/mol. The summed E-state index contributed by atoms with van der Waals surface area (Å²) in [5.41, 5.74) is 1.81. The summed E-state index contributed by atoms with van der Waals surface area (Å²) in [7, 11) is 0. The van der Waals surface area contributed by atoms with Gasteiger partial charge in [0.05, 0.1) is 0 Å². The molecule has 16 heavy (non-hydrogen) atoms. The maximum Gasteiger partial charge on any atom is 0.441 e. The SMILES string of the molecule is NC1CC2CCC(C1)N2CCSC(F)(F)F. The number of thioether (sulfide) groups is 1. The molecule has 2 saturated heterocycles. The topological polar surface area (TPSA) is 29.3 Å². The van der Waals surface area contributed by atoms with E-state index in [1.54, 1.807) is 0 Å². The number of nitrogens with zero attached hydrogens (tertiary/aromatic N) is 1. The first-order chi connectivity index (χ1) is 7.46. The summed E-state index contributed by atoms with van der Waals surface area (Å²) in [6, 6.07) is 1.12. The zero-order valence-corrected chi connectivity index (χ0v) is 9.86. The molecule has 2 aliphatic rings. The van der Waals surface area contributed by atoms with Gasteiger partial charge in [0.1, 0.15) is 0 Å². The quantitative estimate of drug-likeness (QED) is 0.837. The smallest absolute Gasteiger partial charge is 0.328 e. The molecule has 6 heteroatoms. The zero-order valence-electron chi connectivity index (χ0n) is 9.04. The van der Waals surface area contributed by atoms with Crippen molar-refractivity contribution in [1.82, 2.24) is 4.90 Å². The average Bonchev–Trinajstić information content (AvgIpc) is 2.41. The van der Waals surface area contributed by atoms with Gasteiger partial charge in [-0.15, -0.1) is 0 Å². The van der Waals surface area contributed by atoms with E-state index in [0.717, 1.165) is 25.7 Å². The highest BCUT2D eigenvalue weighted by atomic mass is 32.2. The molecule has 0 saturated carbocycles. The fourth-order valence-electron chi connectivity index (χ4n) is 2.95. The van der Waals surface area contributed by atoms with Crippen molar-refractivity contribution in [1.29, 1.82) is 0 Å². The van der Waals surface area contributed by atoms with Crippen LogP contribution < -0.4 is 5.73 Å². The lowest BCUT2D eigenvalue weighted by Crippen LogP contribution is -2.48. The molecular formula is C10H17F3N2S. The van der Waals surface area contributed by atoms with Crippen molar-refractivity contribution in [3.05, 3.63) is 0 Å². The first kappa shape index (κ1) is 12.5. The normalized spacial score (nSPS) is 35.6. The predicted octanol–water partition coefficient (Wildman–Crippen LogP) is 2.19. The molecule has 0 spiro atoms. The van der Waals surface area contributed by atoms with Crippen LogP contribution in [0.25, 0.3) is 0 Å². The second-order valence-corrected chi connectivity index (χ2v) is 5.81. The standard InChI is InChI=1S/C10H17F3N2S/c11-10(12,13)16-4-3-15-8-1-2-9(15)6-7(14)5-8/h7-9H,1-6,14H2. The number of fused-ring (bicyclic) bond motifs is 2. The summed E-state index contributed by atoms with van der Waals surface area (Å²) in [5.74, 6) is 0.145. The van der Waals surface area contributed by atoms with E-state index in [2.05, 4.69) is 4.90 Å². The van der Waals surface area contributed by atoms with Gasteiger partial charge in [0.2, 0.25) is 0 Å². The summed E-state index contributed by atoms with van der Waals surface area (Å²) in [4.78, 5) is 2.24. The van der Waals surface area contributed by atoms with E-state index in [9.17, 15) is 13.2 Å². The van der Waals surface area contributed by atoms with Crippen LogP contribution in [-0.2, 0) is 0 Å². The van der Waals surface area contributed by atoms with Gasteiger partial charge in [-0.1, -0.05) is 0 Å². The summed E-state index contributed by atoms with van der Waals surface area (Å²) >= 11 is 0.0870. The van der Waals surface area contributed by atoms with Crippen molar-refractivity contribution in [2.75, 3.05) is 12.3 Å². The van der Waals surface area contributed by atoms with Crippen molar-refractivity contribution < 1.29 is 13.2 Å². The van der Waals surface area contributed by atoms with Gasteiger partial charge in [0.15, 0.2) is 0 Å². The molecule has 2 aliphatic heterocycles. The molecule has 94 valence electrons. The molecule has 2 fully saturated rings. The Bertz CT molecular complexity index is 233. The molecule has 2 atom stereocenters. The molecule has 0 aromatic rings. The van der Waals surface area contributed by atoms with Gasteiger partial charge >= 0.3 is 5.51 Å². The van der Waals surface area contributed by atoms with E-state index in [1.165, 1.54) is 0 Å². The lowest BCUT2D eigenvalue weighted by molar-refractivity contribution is -0.0330. The monoisotopic (exact) mass is 254 g/mol. The van der Waals surface area contributed by atoms with E-state index < -0.39 is 5.51 Å². The molecule has 0 radical (unpaired) electrons. The van der Waals surface area contributed by atoms with Crippen LogP contribution in [0, 0.1) is 0 Å². The minimum Gasteiger partial charge on any atom is -0.328 e. The number of halogens is 3. The Balaban J connectivity index is 1.79. The average molecular weight is 254 g/mol. The molecule has 0 amide bonds. The zero-order chi connectivity index (χ0) is 11.8. The molecule has 0 aliphatic carbocycles. The minimum absolute atomic E-state index is 0.0870. The highest BCUT2D eigenvalue weighted by Gasteiger charge is 2.39. The third kappa shape index (κ3) is 3.05. The third-order valence-electron chi connectivity index (χ3n) is 3.54. The summed E-state index contributed by atoms with van der Waals surface area (Å²) in [6.45, 7) is 0.548. The highest BCUT2D eigenvalue weighted by molar-refractivity contribution is 8.00. The lowest BCUT2D eigenvalue weighted by atomic mass is 9.98. The second-order valence-electron chi connectivity index (χ2n) is 4.65. The molecule has 2 N–H and O–H groups in total. The van der Waals surface area contributed by atoms with Crippen molar-refractivity contribution in [2.45, 2.75) is 49.3 Å². The summed E-state index contributed by atoms with van der Waals surface area (Å²) in [6.07, 6.45) is 4.12. The van der Waals surface area contributed by atoms with Crippen LogP contribution in [0.5, 0.6) is 0 Å². The van der Waals surface area contributed by atoms with E-state index in [0.29, 0.717) is 18.6 Å². The molecule has 2 rings (SSSR count). The van der Waals surface area contributed by atoms with Crippen molar-refractivity contribution in [3.63, 3.8) is 0 Å². The molecule has 0 aromatic carbocycles. The molecule has 2 unspecified atom stereocenters. The summed E-state index contributed by atoms with van der Waals surface area (Å²) < 4.78 is 36.0.